The predicted octanol–water partition coefficient (Wildman–Crippen LogP) is 0.988. The summed E-state index contributed by atoms with van der Waals surface area (Å²) in [5.74, 6) is -0.0988. The summed E-state index contributed by atoms with van der Waals surface area (Å²) in [4.78, 5) is 10.3. The molecule has 1 aromatic rings. The highest BCUT2D eigenvalue weighted by Crippen LogP contribution is 2.23. The maximum atomic E-state index is 11.4. The molecule has 0 aliphatic rings. The molecule has 20 heavy (non-hydrogen) atoms. The molecule has 0 radical (unpaired) electrons. The average molecular weight is 302 g/mol. The van der Waals surface area contributed by atoms with Crippen molar-refractivity contribution in [3.8, 4) is 0 Å². The highest BCUT2D eigenvalue weighted by Gasteiger charge is 2.11. The Hall–Kier alpha value is -1.87. The Morgan fingerprint density at radius 1 is 1.25 bits per heavy atom. The third-order valence-electron chi connectivity index (χ3n) is 2.48. The van der Waals surface area contributed by atoms with E-state index in [-0.39, 0.29) is 18.0 Å². The second-order valence-electron chi connectivity index (χ2n) is 4.02. The minimum absolute atomic E-state index is 0.0612. The smallest absolute Gasteiger partial charge is 0.273 e. The highest BCUT2D eigenvalue weighted by atomic mass is 32.2. The van der Waals surface area contributed by atoms with E-state index in [1.54, 1.807) is 20.0 Å². The van der Waals surface area contributed by atoms with Gasteiger partial charge in [-0.25, -0.2) is 13.1 Å². The summed E-state index contributed by atoms with van der Waals surface area (Å²) in [6.07, 6.45) is 0. The van der Waals surface area contributed by atoms with Crippen molar-refractivity contribution < 1.29 is 13.3 Å². The summed E-state index contributed by atoms with van der Waals surface area (Å²) in [6.45, 7) is 2.20. The van der Waals surface area contributed by atoms with Crippen molar-refractivity contribution in [2.45, 2.75) is 6.92 Å². The van der Waals surface area contributed by atoms with E-state index in [0.29, 0.717) is 17.9 Å². The minimum atomic E-state index is -3.31. The van der Waals surface area contributed by atoms with Gasteiger partial charge in [-0.2, -0.15) is 0 Å². The molecule has 0 saturated carbocycles. The van der Waals surface area contributed by atoms with E-state index < -0.39 is 14.9 Å². The van der Waals surface area contributed by atoms with Gasteiger partial charge in [0.25, 0.3) is 5.69 Å². The Bertz CT molecular complexity index is 574. The number of benzene rings is 1. The van der Waals surface area contributed by atoms with E-state index in [1.165, 1.54) is 12.1 Å². The van der Waals surface area contributed by atoms with E-state index in [9.17, 15) is 18.5 Å². The molecule has 0 aliphatic carbocycles. The molecule has 8 nitrogen and oxygen atoms in total. The standard InChI is InChI=1S/C11H18N4O4S/c1-3-14-20(18,19)5-4-13-10-6-9(12-2)7-11(8-10)15(16)17/h6-8,12-14H,3-5H2,1-2H3. The lowest BCUT2D eigenvalue weighted by molar-refractivity contribution is -0.384. The van der Waals surface area contributed by atoms with Crippen molar-refractivity contribution in [3.63, 3.8) is 0 Å². The molecule has 0 atom stereocenters. The van der Waals surface area contributed by atoms with Crippen molar-refractivity contribution in [1.82, 2.24) is 4.72 Å². The van der Waals surface area contributed by atoms with E-state index in [0.717, 1.165) is 0 Å². The third kappa shape index (κ3) is 5.02. The first-order valence-corrected chi connectivity index (χ1v) is 7.71. The number of nitrogens with one attached hydrogen (secondary N) is 3. The van der Waals surface area contributed by atoms with Gasteiger partial charge in [-0.3, -0.25) is 10.1 Å². The number of hydrogen-bond acceptors (Lipinski definition) is 6. The Balaban J connectivity index is 2.73. The number of anilines is 2. The molecule has 0 spiro atoms. The van der Waals surface area contributed by atoms with Gasteiger partial charge in [0, 0.05) is 43.6 Å². The fourth-order valence-electron chi connectivity index (χ4n) is 1.58. The number of nitrogens with zero attached hydrogens (tertiary/aromatic N) is 1. The zero-order valence-electron chi connectivity index (χ0n) is 11.3. The molecule has 0 aliphatic heterocycles. The molecule has 112 valence electrons. The zero-order chi connectivity index (χ0) is 15.2. The number of nitro benzene ring substituents is 1. The summed E-state index contributed by atoms with van der Waals surface area (Å²) in [6, 6.07) is 4.44. The van der Waals surface area contributed by atoms with Crippen LogP contribution in [0, 0.1) is 10.1 Å². The van der Waals surface area contributed by atoms with Crippen LogP contribution in [0.2, 0.25) is 0 Å². The monoisotopic (exact) mass is 302 g/mol. The summed E-state index contributed by atoms with van der Waals surface area (Å²) in [7, 11) is -1.65. The molecule has 1 aromatic carbocycles. The first-order valence-electron chi connectivity index (χ1n) is 6.06. The molecular weight excluding hydrogens is 284 g/mol. The molecule has 3 N–H and O–H groups in total. The average Bonchev–Trinajstić information content (AvgIpc) is 2.37. The van der Waals surface area contributed by atoms with E-state index >= 15 is 0 Å². The summed E-state index contributed by atoms with van der Waals surface area (Å²) in [5.41, 5.74) is 1.01. The summed E-state index contributed by atoms with van der Waals surface area (Å²) < 4.78 is 25.3. The van der Waals surface area contributed by atoms with Gasteiger partial charge >= 0.3 is 0 Å². The van der Waals surface area contributed by atoms with Crippen molar-refractivity contribution in [2.75, 3.05) is 36.5 Å². The second kappa shape index (κ2) is 7.06. The van der Waals surface area contributed by atoms with E-state index in [1.807, 2.05) is 0 Å². The predicted molar refractivity (Wildman–Crippen MR) is 78.6 cm³/mol. The van der Waals surface area contributed by atoms with Crippen LogP contribution in [0.5, 0.6) is 0 Å². The van der Waals surface area contributed by atoms with Crippen LogP contribution in [-0.4, -0.2) is 39.2 Å². The van der Waals surface area contributed by atoms with Crippen LogP contribution in [0.1, 0.15) is 6.92 Å². The number of sulfonamides is 1. The first-order chi connectivity index (χ1) is 9.38. The lowest BCUT2D eigenvalue weighted by Gasteiger charge is -2.09. The van der Waals surface area contributed by atoms with Gasteiger partial charge in [0.05, 0.1) is 10.7 Å². The van der Waals surface area contributed by atoms with Gasteiger partial charge in [-0.15, -0.1) is 0 Å². The Morgan fingerprint density at radius 2 is 1.90 bits per heavy atom. The van der Waals surface area contributed by atoms with Gasteiger partial charge in [0.2, 0.25) is 10.0 Å². The third-order valence-corrected chi connectivity index (χ3v) is 3.95. The molecule has 9 heteroatoms. The minimum Gasteiger partial charge on any atom is -0.388 e. The fourth-order valence-corrected chi connectivity index (χ4v) is 2.54. The van der Waals surface area contributed by atoms with Crippen LogP contribution in [0.15, 0.2) is 18.2 Å². The molecule has 0 heterocycles. The summed E-state index contributed by atoms with van der Waals surface area (Å²) in [5, 5.41) is 16.5. The van der Waals surface area contributed by atoms with Crippen molar-refractivity contribution >= 4 is 27.1 Å². The summed E-state index contributed by atoms with van der Waals surface area (Å²) >= 11 is 0. The number of nitro groups is 1. The van der Waals surface area contributed by atoms with Crippen molar-refractivity contribution in [3.05, 3.63) is 28.3 Å². The molecule has 0 aromatic heterocycles. The normalized spacial score (nSPS) is 11.1. The molecule has 0 unspecified atom stereocenters. The number of non-ortho nitro benzene ring substituents is 1. The van der Waals surface area contributed by atoms with E-state index in [4.69, 9.17) is 0 Å². The van der Waals surface area contributed by atoms with Crippen LogP contribution >= 0.6 is 0 Å². The molecule has 1 rings (SSSR count). The van der Waals surface area contributed by atoms with Crippen LogP contribution in [0.25, 0.3) is 0 Å². The van der Waals surface area contributed by atoms with E-state index in [2.05, 4.69) is 15.4 Å². The quantitative estimate of drug-likeness (QED) is 0.487. The van der Waals surface area contributed by atoms with Crippen molar-refractivity contribution in [1.29, 1.82) is 0 Å². The molecule has 0 fully saturated rings. The van der Waals surface area contributed by atoms with Crippen LogP contribution in [0.3, 0.4) is 0 Å². The van der Waals surface area contributed by atoms with Crippen LogP contribution in [0.4, 0.5) is 17.1 Å². The van der Waals surface area contributed by atoms with Crippen LogP contribution < -0.4 is 15.4 Å². The van der Waals surface area contributed by atoms with Gasteiger partial charge in [-0.05, 0) is 6.07 Å². The Labute approximate surface area is 117 Å². The fraction of sp³-hybridized carbons (Fsp3) is 0.455. The Kier molecular flexibility index (Phi) is 5.71. The first kappa shape index (κ1) is 16.2. The second-order valence-corrected chi connectivity index (χ2v) is 5.95. The van der Waals surface area contributed by atoms with Gasteiger partial charge in [0.1, 0.15) is 0 Å². The van der Waals surface area contributed by atoms with Gasteiger partial charge in [-0.1, -0.05) is 6.92 Å². The molecule has 0 amide bonds. The SMILES string of the molecule is CCNS(=O)(=O)CCNc1cc(NC)cc([N+](=O)[O-])c1. The zero-order valence-corrected chi connectivity index (χ0v) is 12.2. The van der Waals surface area contributed by atoms with Gasteiger partial charge < -0.3 is 10.6 Å². The van der Waals surface area contributed by atoms with Crippen molar-refractivity contribution in [2.24, 2.45) is 0 Å². The lowest BCUT2D eigenvalue weighted by Crippen LogP contribution is -2.29. The van der Waals surface area contributed by atoms with Crippen LogP contribution in [-0.2, 0) is 10.0 Å². The Morgan fingerprint density at radius 3 is 2.45 bits per heavy atom. The maximum Gasteiger partial charge on any atom is 0.273 e. The highest BCUT2D eigenvalue weighted by molar-refractivity contribution is 7.89. The van der Waals surface area contributed by atoms with Gasteiger partial charge in [0.15, 0.2) is 0 Å². The topological polar surface area (TPSA) is 113 Å². The number of hydrogen-bond donors (Lipinski definition) is 3. The lowest BCUT2D eigenvalue weighted by atomic mass is 10.2. The maximum absolute atomic E-state index is 11.4. The number of rotatable bonds is 8. The largest absolute Gasteiger partial charge is 0.388 e. The molecule has 0 saturated heterocycles. The molecular formula is C11H18N4O4S. The molecule has 0 bridgehead atoms.